The molecule has 2 rings (SSSR count). The standard InChI is InChI=1S/C17H13ClF6N2O/c18-14-4-2-1-3-10(14)8-26-15(27)9-25-13-6-11(16(19,20)21)5-12(7-13)17(22,23)24/h1-7,25H,8-9H2,(H,26,27). The van der Waals surface area contributed by atoms with E-state index in [4.69, 9.17) is 11.6 Å². The second-order valence-electron chi connectivity index (χ2n) is 5.52. The van der Waals surface area contributed by atoms with Gasteiger partial charge in [0.2, 0.25) is 5.91 Å². The highest BCUT2D eigenvalue weighted by molar-refractivity contribution is 6.31. The molecular weight excluding hydrogens is 398 g/mol. The molecule has 3 nitrogen and oxygen atoms in total. The average Bonchev–Trinajstić information content (AvgIpc) is 2.57. The van der Waals surface area contributed by atoms with Crippen molar-refractivity contribution in [2.75, 3.05) is 11.9 Å². The minimum absolute atomic E-state index is 0.0165. The van der Waals surface area contributed by atoms with E-state index in [9.17, 15) is 31.1 Å². The molecule has 0 atom stereocenters. The van der Waals surface area contributed by atoms with Crippen molar-refractivity contribution in [3.8, 4) is 0 Å². The molecule has 0 spiro atoms. The van der Waals surface area contributed by atoms with E-state index in [1.165, 1.54) is 0 Å². The lowest BCUT2D eigenvalue weighted by Gasteiger charge is -2.15. The van der Waals surface area contributed by atoms with Gasteiger partial charge < -0.3 is 10.6 Å². The molecule has 0 aliphatic rings. The molecule has 2 aromatic rings. The van der Waals surface area contributed by atoms with Gasteiger partial charge in [0.15, 0.2) is 0 Å². The molecule has 0 radical (unpaired) electrons. The van der Waals surface area contributed by atoms with E-state index in [0.29, 0.717) is 22.7 Å². The molecular formula is C17H13ClF6N2O. The molecule has 2 aromatic carbocycles. The average molecular weight is 411 g/mol. The van der Waals surface area contributed by atoms with Crippen molar-refractivity contribution in [2.45, 2.75) is 18.9 Å². The van der Waals surface area contributed by atoms with Gasteiger partial charge in [-0.15, -0.1) is 0 Å². The van der Waals surface area contributed by atoms with Crippen molar-refractivity contribution < 1.29 is 31.1 Å². The van der Waals surface area contributed by atoms with E-state index in [2.05, 4.69) is 10.6 Å². The summed E-state index contributed by atoms with van der Waals surface area (Å²) in [6.07, 6.45) is -9.91. The van der Waals surface area contributed by atoms with Crippen LogP contribution in [0.1, 0.15) is 16.7 Å². The first-order chi connectivity index (χ1) is 12.5. The van der Waals surface area contributed by atoms with Crippen molar-refractivity contribution in [2.24, 2.45) is 0 Å². The summed E-state index contributed by atoms with van der Waals surface area (Å²) in [6.45, 7) is -0.445. The summed E-state index contributed by atoms with van der Waals surface area (Å²) in [4.78, 5) is 11.8. The van der Waals surface area contributed by atoms with E-state index in [-0.39, 0.29) is 12.6 Å². The normalized spacial score (nSPS) is 12.0. The Morgan fingerprint density at radius 3 is 2.00 bits per heavy atom. The fraction of sp³-hybridized carbons (Fsp3) is 0.235. The smallest absolute Gasteiger partial charge is 0.376 e. The van der Waals surface area contributed by atoms with Crippen LogP contribution < -0.4 is 10.6 Å². The van der Waals surface area contributed by atoms with Gasteiger partial charge >= 0.3 is 12.4 Å². The summed E-state index contributed by atoms with van der Waals surface area (Å²) < 4.78 is 76.8. The van der Waals surface area contributed by atoms with Gasteiger partial charge in [0.1, 0.15) is 0 Å². The van der Waals surface area contributed by atoms with Gasteiger partial charge in [0.25, 0.3) is 0 Å². The number of halogens is 7. The topological polar surface area (TPSA) is 41.1 Å². The van der Waals surface area contributed by atoms with Crippen molar-refractivity contribution >= 4 is 23.2 Å². The number of hydrogen-bond donors (Lipinski definition) is 2. The fourth-order valence-electron chi connectivity index (χ4n) is 2.14. The maximum absolute atomic E-state index is 12.8. The van der Waals surface area contributed by atoms with E-state index in [1.54, 1.807) is 24.3 Å². The zero-order chi connectivity index (χ0) is 20.2. The van der Waals surface area contributed by atoms with Gasteiger partial charge in [-0.1, -0.05) is 29.8 Å². The summed E-state index contributed by atoms with van der Waals surface area (Å²) in [6, 6.07) is 7.71. The second kappa shape index (κ2) is 8.08. The van der Waals surface area contributed by atoms with Crippen LogP contribution in [0.2, 0.25) is 5.02 Å². The van der Waals surface area contributed by atoms with Crippen LogP contribution >= 0.6 is 11.6 Å². The Labute approximate surface area is 155 Å². The molecule has 0 bridgehead atoms. The van der Waals surface area contributed by atoms with Gasteiger partial charge in [-0.2, -0.15) is 26.3 Å². The largest absolute Gasteiger partial charge is 0.416 e. The molecule has 27 heavy (non-hydrogen) atoms. The van der Waals surface area contributed by atoms with Gasteiger partial charge in [0, 0.05) is 17.3 Å². The Morgan fingerprint density at radius 1 is 0.926 bits per heavy atom. The Morgan fingerprint density at radius 2 is 1.48 bits per heavy atom. The summed E-state index contributed by atoms with van der Waals surface area (Å²) in [7, 11) is 0. The number of hydrogen-bond acceptors (Lipinski definition) is 2. The van der Waals surface area contributed by atoms with Crippen molar-refractivity contribution in [3.05, 3.63) is 64.2 Å². The van der Waals surface area contributed by atoms with Crippen LogP contribution in [0, 0.1) is 0 Å². The zero-order valence-electron chi connectivity index (χ0n) is 13.5. The number of anilines is 1. The number of benzene rings is 2. The summed E-state index contributed by atoms with van der Waals surface area (Å²) in [5, 5.41) is 5.16. The Balaban J connectivity index is 2.06. The number of amides is 1. The van der Waals surface area contributed by atoms with Crippen LogP contribution in [0.5, 0.6) is 0 Å². The number of alkyl halides is 6. The van der Waals surface area contributed by atoms with E-state index >= 15 is 0 Å². The minimum Gasteiger partial charge on any atom is -0.376 e. The molecule has 1 amide bonds. The summed E-state index contributed by atoms with van der Waals surface area (Å²) in [5.41, 5.74) is -2.77. The lowest BCUT2D eigenvalue weighted by atomic mass is 10.1. The molecule has 0 fully saturated rings. The molecule has 146 valence electrons. The highest BCUT2D eigenvalue weighted by atomic mass is 35.5. The second-order valence-corrected chi connectivity index (χ2v) is 5.92. The quantitative estimate of drug-likeness (QED) is 0.673. The van der Waals surface area contributed by atoms with Gasteiger partial charge in [-0.3, -0.25) is 4.79 Å². The summed E-state index contributed by atoms with van der Waals surface area (Å²) in [5.74, 6) is -0.624. The Hall–Kier alpha value is -2.42. The first kappa shape index (κ1) is 20.9. The van der Waals surface area contributed by atoms with Gasteiger partial charge in [0.05, 0.1) is 17.7 Å². The lowest BCUT2D eigenvalue weighted by Crippen LogP contribution is -2.29. The van der Waals surface area contributed by atoms with Crippen LogP contribution in [-0.2, 0) is 23.7 Å². The first-order valence-electron chi connectivity index (χ1n) is 7.50. The molecule has 0 aliphatic carbocycles. The number of rotatable bonds is 5. The third-order valence-corrected chi connectivity index (χ3v) is 3.84. The van der Waals surface area contributed by atoms with Crippen LogP contribution in [0.15, 0.2) is 42.5 Å². The molecule has 10 heteroatoms. The molecule has 0 unspecified atom stereocenters. The number of nitrogens with one attached hydrogen (secondary N) is 2. The fourth-order valence-corrected chi connectivity index (χ4v) is 2.34. The van der Waals surface area contributed by atoms with Crippen LogP contribution in [0.4, 0.5) is 32.0 Å². The maximum atomic E-state index is 12.8. The molecule has 0 aliphatic heterocycles. The minimum atomic E-state index is -4.95. The van der Waals surface area contributed by atoms with E-state index in [1.807, 2.05) is 0 Å². The van der Waals surface area contributed by atoms with Crippen LogP contribution in [0.3, 0.4) is 0 Å². The highest BCUT2D eigenvalue weighted by Crippen LogP contribution is 2.37. The lowest BCUT2D eigenvalue weighted by molar-refractivity contribution is -0.143. The predicted molar refractivity (Wildman–Crippen MR) is 88.2 cm³/mol. The van der Waals surface area contributed by atoms with Crippen LogP contribution in [-0.4, -0.2) is 12.5 Å². The third kappa shape index (κ3) is 6.06. The van der Waals surface area contributed by atoms with Crippen molar-refractivity contribution in [1.82, 2.24) is 5.32 Å². The third-order valence-electron chi connectivity index (χ3n) is 3.47. The van der Waals surface area contributed by atoms with Gasteiger partial charge in [-0.05, 0) is 29.8 Å². The molecule has 0 saturated carbocycles. The monoisotopic (exact) mass is 410 g/mol. The SMILES string of the molecule is O=C(CNc1cc(C(F)(F)F)cc(C(F)(F)F)c1)NCc1ccccc1Cl. The Kier molecular flexibility index (Phi) is 6.25. The molecule has 2 N–H and O–H groups in total. The number of carbonyl (C=O) groups excluding carboxylic acids is 1. The summed E-state index contributed by atoms with van der Waals surface area (Å²) >= 11 is 5.92. The predicted octanol–water partition coefficient (Wildman–Crippen LogP) is 5.11. The zero-order valence-corrected chi connectivity index (χ0v) is 14.3. The Bertz CT molecular complexity index is 788. The van der Waals surface area contributed by atoms with E-state index < -0.39 is 41.6 Å². The van der Waals surface area contributed by atoms with Crippen LogP contribution in [0.25, 0.3) is 0 Å². The van der Waals surface area contributed by atoms with E-state index in [0.717, 1.165) is 0 Å². The van der Waals surface area contributed by atoms with Gasteiger partial charge in [-0.25, -0.2) is 0 Å². The molecule has 0 aromatic heterocycles. The maximum Gasteiger partial charge on any atom is 0.416 e. The number of carbonyl (C=O) groups is 1. The van der Waals surface area contributed by atoms with Crippen molar-refractivity contribution in [1.29, 1.82) is 0 Å². The molecule has 0 heterocycles. The highest BCUT2D eigenvalue weighted by Gasteiger charge is 2.36. The first-order valence-corrected chi connectivity index (χ1v) is 7.88. The van der Waals surface area contributed by atoms with Crippen molar-refractivity contribution in [3.63, 3.8) is 0 Å². The molecule has 0 saturated heterocycles.